The van der Waals surface area contributed by atoms with Crippen LogP contribution in [-0.2, 0) is 14.3 Å². The quantitative estimate of drug-likeness (QED) is 0.556. The van der Waals surface area contributed by atoms with Crippen LogP contribution in [0.15, 0.2) is 48.5 Å². The number of alkyl carbamates (subject to hydrolysis) is 1. The van der Waals surface area contributed by atoms with E-state index in [-0.39, 0.29) is 43.2 Å². The molecule has 0 aliphatic heterocycles. The zero-order chi connectivity index (χ0) is 22.7. The van der Waals surface area contributed by atoms with Gasteiger partial charge in [0.25, 0.3) is 0 Å². The summed E-state index contributed by atoms with van der Waals surface area (Å²) >= 11 is 0. The summed E-state index contributed by atoms with van der Waals surface area (Å²) in [4.78, 5) is 35.7. The van der Waals surface area contributed by atoms with Crippen LogP contribution in [-0.4, -0.2) is 41.8 Å². The number of ether oxygens (including phenoxy) is 1. The lowest BCUT2D eigenvalue weighted by Gasteiger charge is -2.19. The van der Waals surface area contributed by atoms with Gasteiger partial charge in [0.05, 0.1) is 6.42 Å². The van der Waals surface area contributed by atoms with Gasteiger partial charge in [-0.2, -0.15) is 0 Å². The Labute approximate surface area is 187 Å². The highest BCUT2D eigenvalue weighted by atomic mass is 16.5. The van der Waals surface area contributed by atoms with Crippen molar-refractivity contribution in [1.82, 2.24) is 10.6 Å². The van der Waals surface area contributed by atoms with Crippen molar-refractivity contribution in [2.75, 3.05) is 6.61 Å². The minimum atomic E-state index is -0.924. The van der Waals surface area contributed by atoms with E-state index in [4.69, 9.17) is 9.84 Å². The summed E-state index contributed by atoms with van der Waals surface area (Å²) < 4.78 is 5.51. The van der Waals surface area contributed by atoms with E-state index in [0.29, 0.717) is 0 Å². The molecule has 2 aromatic carbocycles. The van der Waals surface area contributed by atoms with Gasteiger partial charge in [0.2, 0.25) is 5.91 Å². The lowest BCUT2D eigenvalue weighted by Crippen LogP contribution is -2.42. The molecule has 3 N–H and O–H groups in total. The molecule has 7 nitrogen and oxygen atoms in total. The average molecular weight is 437 g/mol. The Morgan fingerprint density at radius 1 is 0.969 bits per heavy atom. The fourth-order valence-corrected chi connectivity index (χ4v) is 4.46. The molecule has 168 valence electrons. The fraction of sp³-hybridized carbons (Fsp3) is 0.400. The Bertz CT molecular complexity index is 971. The zero-order valence-corrected chi connectivity index (χ0v) is 18.0. The minimum Gasteiger partial charge on any atom is -0.481 e. The van der Waals surface area contributed by atoms with Gasteiger partial charge in [-0.1, -0.05) is 48.5 Å². The van der Waals surface area contributed by atoms with Gasteiger partial charge in [-0.3, -0.25) is 9.59 Å². The van der Waals surface area contributed by atoms with E-state index in [1.54, 1.807) is 6.92 Å². The minimum absolute atomic E-state index is 0.0259. The number of carboxylic acids is 1. The van der Waals surface area contributed by atoms with E-state index < -0.39 is 18.1 Å². The van der Waals surface area contributed by atoms with Crippen molar-refractivity contribution in [2.24, 2.45) is 5.92 Å². The molecule has 1 fully saturated rings. The smallest absolute Gasteiger partial charge is 0.407 e. The zero-order valence-electron chi connectivity index (χ0n) is 18.0. The highest BCUT2D eigenvalue weighted by Crippen LogP contribution is 2.44. The van der Waals surface area contributed by atoms with Gasteiger partial charge in [0.15, 0.2) is 0 Å². The molecular formula is C25H28N2O5. The topological polar surface area (TPSA) is 105 Å². The number of carboxylic acid groups (broad SMARTS) is 1. The van der Waals surface area contributed by atoms with Crippen molar-refractivity contribution >= 4 is 18.0 Å². The van der Waals surface area contributed by atoms with E-state index in [2.05, 4.69) is 34.9 Å². The molecule has 2 aromatic rings. The fourth-order valence-electron chi connectivity index (χ4n) is 4.46. The number of hydrogen-bond acceptors (Lipinski definition) is 4. The number of hydrogen-bond donors (Lipinski definition) is 3. The number of nitrogens with one attached hydrogen (secondary N) is 2. The number of amides is 2. The Balaban J connectivity index is 1.28. The number of rotatable bonds is 9. The van der Waals surface area contributed by atoms with Crippen LogP contribution >= 0.6 is 0 Å². The Kier molecular flexibility index (Phi) is 6.44. The SMILES string of the molecule is C[C@@H](CC(=O)NC(CC(=O)O)C1CC1)NC(=O)OCC1c2ccccc2-c2ccccc21. The number of fused-ring (bicyclic) bond motifs is 3. The number of aliphatic carboxylic acids is 1. The summed E-state index contributed by atoms with van der Waals surface area (Å²) in [6, 6.07) is 15.5. The molecule has 4 rings (SSSR count). The lowest BCUT2D eigenvalue weighted by molar-refractivity contribution is -0.137. The van der Waals surface area contributed by atoms with Gasteiger partial charge in [-0.05, 0) is 47.9 Å². The van der Waals surface area contributed by atoms with Crippen molar-refractivity contribution in [3.05, 3.63) is 59.7 Å². The number of carbonyl (C=O) groups is 3. The van der Waals surface area contributed by atoms with Crippen molar-refractivity contribution in [1.29, 1.82) is 0 Å². The van der Waals surface area contributed by atoms with Gasteiger partial charge in [-0.25, -0.2) is 4.79 Å². The van der Waals surface area contributed by atoms with Crippen LogP contribution in [0.4, 0.5) is 4.79 Å². The Hall–Kier alpha value is -3.35. The second-order valence-corrected chi connectivity index (χ2v) is 8.68. The summed E-state index contributed by atoms with van der Waals surface area (Å²) in [5, 5.41) is 14.5. The maximum absolute atomic E-state index is 12.4. The molecule has 0 spiro atoms. The second kappa shape index (κ2) is 9.42. The molecule has 2 atom stereocenters. The molecule has 2 amide bonds. The first kappa shape index (κ1) is 21.9. The van der Waals surface area contributed by atoms with Crippen LogP contribution in [0.25, 0.3) is 11.1 Å². The predicted molar refractivity (Wildman–Crippen MR) is 119 cm³/mol. The van der Waals surface area contributed by atoms with Crippen LogP contribution < -0.4 is 10.6 Å². The third-order valence-electron chi connectivity index (χ3n) is 6.13. The molecule has 0 saturated heterocycles. The lowest BCUT2D eigenvalue weighted by atomic mass is 9.98. The Morgan fingerprint density at radius 2 is 1.56 bits per heavy atom. The standard InChI is InChI=1S/C25H28N2O5/c1-15(12-23(28)27-22(13-24(29)30)16-10-11-16)26-25(31)32-14-21-19-8-4-2-6-17(19)18-7-3-5-9-20(18)21/h2-9,15-16,21-22H,10-14H2,1H3,(H,26,31)(H,27,28)(H,29,30)/t15-,22?/m0/s1. The van der Waals surface area contributed by atoms with Crippen molar-refractivity contribution in [2.45, 2.75) is 50.6 Å². The maximum Gasteiger partial charge on any atom is 0.407 e. The molecule has 2 aliphatic rings. The highest BCUT2D eigenvalue weighted by molar-refractivity contribution is 5.80. The van der Waals surface area contributed by atoms with E-state index in [1.807, 2.05) is 24.3 Å². The molecule has 0 bridgehead atoms. The molecule has 0 heterocycles. The van der Waals surface area contributed by atoms with Gasteiger partial charge in [-0.15, -0.1) is 0 Å². The van der Waals surface area contributed by atoms with Crippen molar-refractivity contribution in [3.63, 3.8) is 0 Å². The molecule has 0 radical (unpaired) electrons. The third kappa shape index (κ3) is 5.10. The van der Waals surface area contributed by atoms with Gasteiger partial charge >= 0.3 is 12.1 Å². The van der Waals surface area contributed by atoms with Gasteiger partial charge < -0.3 is 20.5 Å². The van der Waals surface area contributed by atoms with Crippen LogP contribution in [0.3, 0.4) is 0 Å². The molecule has 2 aliphatic carbocycles. The molecular weight excluding hydrogens is 408 g/mol. The second-order valence-electron chi connectivity index (χ2n) is 8.68. The maximum atomic E-state index is 12.4. The first-order chi connectivity index (χ1) is 15.4. The van der Waals surface area contributed by atoms with E-state index in [1.165, 1.54) is 0 Å². The highest BCUT2D eigenvalue weighted by Gasteiger charge is 2.34. The summed E-state index contributed by atoms with van der Waals surface area (Å²) in [7, 11) is 0. The van der Waals surface area contributed by atoms with Crippen LogP contribution in [0.1, 0.15) is 49.7 Å². The number of carbonyl (C=O) groups excluding carboxylic acids is 2. The summed E-state index contributed by atoms with van der Waals surface area (Å²) in [6.07, 6.45) is 1.28. The van der Waals surface area contributed by atoms with Crippen molar-refractivity contribution in [3.8, 4) is 11.1 Å². The van der Waals surface area contributed by atoms with E-state index in [0.717, 1.165) is 35.1 Å². The third-order valence-corrected chi connectivity index (χ3v) is 6.13. The monoisotopic (exact) mass is 436 g/mol. The molecule has 32 heavy (non-hydrogen) atoms. The largest absolute Gasteiger partial charge is 0.481 e. The summed E-state index contributed by atoms with van der Waals surface area (Å²) in [6.45, 7) is 1.94. The van der Waals surface area contributed by atoms with Gasteiger partial charge in [0.1, 0.15) is 6.61 Å². The molecule has 7 heteroatoms. The molecule has 0 aromatic heterocycles. The van der Waals surface area contributed by atoms with Gasteiger partial charge in [0, 0.05) is 24.4 Å². The van der Waals surface area contributed by atoms with Crippen LogP contribution in [0.2, 0.25) is 0 Å². The van der Waals surface area contributed by atoms with Crippen LogP contribution in [0, 0.1) is 5.92 Å². The normalized spacial score (nSPS) is 16.4. The predicted octanol–water partition coefficient (Wildman–Crippen LogP) is 3.67. The Morgan fingerprint density at radius 3 is 2.12 bits per heavy atom. The first-order valence-corrected chi connectivity index (χ1v) is 11.0. The van der Waals surface area contributed by atoms with E-state index >= 15 is 0 Å². The molecule has 1 unspecified atom stereocenters. The summed E-state index contributed by atoms with van der Waals surface area (Å²) in [5.74, 6) is -0.982. The van der Waals surface area contributed by atoms with E-state index in [9.17, 15) is 14.4 Å². The molecule has 1 saturated carbocycles. The first-order valence-electron chi connectivity index (χ1n) is 11.0. The summed E-state index contributed by atoms with van der Waals surface area (Å²) in [5.41, 5.74) is 4.60. The van der Waals surface area contributed by atoms with Crippen molar-refractivity contribution < 1.29 is 24.2 Å². The number of benzene rings is 2. The average Bonchev–Trinajstić information content (AvgIpc) is 3.54. The van der Waals surface area contributed by atoms with Crippen LogP contribution in [0.5, 0.6) is 0 Å².